The summed E-state index contributed by atoms with van der Waals surface area (Å²) in [5.41, 5.74) is 2.26. The molecule has 2 unspecified atom stereocenters. The van der Waals surface area contributed by atoms with Crippen molar-refractivity contribution >= 4 is 16.7 Å². The number of hydrogen-bond donors (Lipinski definition) is 0. The highest BCUT2D eigenvalue weighted by Gasteiger charge is 2.28. The molecule has 0 spiro atoms. The lowest BCUT2D eigenvalue weighted by Crippen LogP contribution is -2.37. The summed E-state index contributed by atoms with van der Waals surface area (Å²) in [6, 6.07) is 6.89. The van der Waals surface area contributed by atoms with Gasteiger partial charge < -0.3 is 9.64 Å². The van der Waals surface area contributed by atoms with Crippen LogP contribution in [0.25, 0.3) is 10.9 Å². The van der Waals surface area contributed by atoms with E-state index in [1.54, 1.807) is 13.4 Å². The zero-order valence-electron chi connectivity index (χ0n) is 13.7. The van der Waals surface area contributed by atoms with E-state index < -0.39 is 0 Å². The number of anilines is 1. The quantitative estimate of drug-likeness (QED) is 0.846. The summed E-state index contributed by atoms with van der Waals surface area (Å²) in [4.78, 5) is 11.5. The van der Waals surface area contributed by atoms with Gasteiger partial charge in [-0.3, -0.25) is 0 Å². The molecule has 0 bridgehead atoms. The van der Waals surface area contributed by atoms with E-state index >= 15 is 0 Å². The summed E-state index contributed by atoms with van der Waals surface area (Å²) in [6.07, 6.45) is 5.47. The molecule has 1 aromatic heterocycles. The largest absolute Gasteiger partial charge is 0.383 e. The second kappa shape index (κ2) is 6.61. The molecule has 0 radical (unpaired) electrons. The van der Waals surface area contributed by atoms with Crippen molar-refractivity contribution in [2.45, 2.75) is 39.2 Å². The summed E-state index contributed by atoms with van der Waals surface area (Å²) >= 11 is 0. The number of fused-ring (bicyclic) bond motifs is 1. The molecule has 0 saturated heterocycles. The van der Waals surface area contributed by atoms with E-state index in [4.69, 9.17) is 4.74 Å². The first-order valence-electron chi connectivity index (χ1n) is 8.16. The number of rotatable bonds is 5. The minimum absolute atomic E-state index is 0.559. The molecule has 118 valence electrons. The Hall–Kier alpha value is -1.68. The van der Waals surface area contributed by atoms with Gasteiger partial charge in [-0.1, -0.05) is 19.1 Å². The van der Waals surface area contributed by atoms with Crippen LogP contribution in [0, 0.1) is 12.8 Å². The maximum atomic E-state index is 5.33. The molecule has 2 atom stereocenters. The van der Waals surface area contributed by atoms with Crippen molar-refractivity contribution in [1.29, 1.82) is 0 Å². The Balaban J connectivity index is 2.02. The van der Waals surface area contributed by atoms with Crippen LogP contribution in [0.15, 0.2) is 24.5 Å². The van der Waals surface area contributed by atoms with E-state index in [9.17, 15) is 0 Å². The van der Waals surface area contributed by atoms with Crippen LogP contribution < -0.4 is 4.90 Å². The van der Waals surface area contributed by atoms with Crippen molar-refractivity contribution in [2.75, 3.05) is 25.2 Å². The third-order valence-corrected chi connectivity index (χ3v) is 4.76. The first-order valence-corrected chi connectivity index (χ1v) is 8.16. The lowest BCUT2D eigenvalue weighted by Gasteiger charge is -2.31. The van der Waals surface area contributed by atoms with E-state index in [-0.39, 0.29) is 0 Å². The van der Waals surface area contributed by atoms with Gasteiger partial charge in [-0.15, -0.1) is 0 Å². The molecule has 1 saturated carbocycles. The third-order valence-electron chi connectivity index (χ3n) is 4.76. The molecule has 2 aromatic rings. The van der Waals surface area contributed by atoms with Crippen LogP contribution in [0.1, 0.15) is 31.7 Å². The van der Waals surface area contributed by atoms with E-state index in [0.717, 1.165) is 35.8 Å². The molecule has 1 fully saturated rings. The van der Waals surface area contributed by atoms with Crippen LogP contribution >= 0.6 is 0 Å². The molecule has 1 aliphatic rings. The summed E-state index contributed by atoms with van der Waals surface area (Å²) in [5.74, 6) is 1.86. The molecule has 0 amide bonds. The third kappa shape index (κ3) is 2.93. The van der Waals surface area contributed by atoms with Gasteiger partial charge in [0.25, 0.3) is 0 Å². The number of aromatic nitrogens is 2. The Kier molecular flexibility index (Phi) is 4.57. The van der Waals surface area contributed by atoms with Gasteiger partial charge in [0.15, 0.2) is 0 Å². The highest BCUT2D eigenvalue weighted by atomic mass is 16.5. The molecule has 0 aliphatic heterocycles. The minimum atomic E-state index is 0.559. The summed E-state index contributed by atoms with van der Waals surface area (Å²) < 4.78 is 5.33. The predicted octanol–water partition coefficient (Wildman–Crippen LogP) is 3.58. The van der Waals surface area contributed by atoms with Gasteiger partial charge in [0.2, 0.25) is 0 Å². The number of benzene rings is 1. The van der Waals surface area contributed by atoms with Gasteiger partial charge in [-0.25, -0.2) is 9.97 Å². The van der Waals surface area contributed by atoms with Crippen molar-refractivity contribution in [3.05, 3.63) is 30.1 Å². The van der Waals surface area contributed by atoms with Gasteiger partial charge in [0.1, 0.15) is 12.1 Å². The van der Waals surface area contributed by atoms with E-state index in [1.807, 2.05) is 0 Å². The number of para-hydroxylation sites is 1. The van der Waals surface area contributed by atoms with Crippen LogP contribution in [-0.2, 0) is 4.74 Å². The smallest absolute Gasteiger partial charge is 0.140 e. The maximum Gasteiger partial charge on any atom is 0.140 e. The molecule has 4 nitrogen and oxygen atoms in total. The SMILES string of the molecule is COCCN(c1ncnc2c(C)cccc12)C1CCC(C)C1. The Morgan fingerprint density at radius 1 is 1.27 bits per heavy atom. The highest BCUT2D eigenvalue weighted by molar-refractivity contribution is 5.91. The first-order chi connectivity index (χ1) is 10.7. The molecule has 0 N–H and O–H groups in total. The fraction of sp³-hybridized carbons (Fsp3) is 0.556. The summed E-state index contributed by atoms with van der Waals surface area (Å²) in [6.45, 7) is 6.06. The Morgan fingerprint density at radius 2 is 2.14 bits per heavy atom. The second-order valence-corrected chi connectivity index (χ2v) is 6.43. The molecular weight excluding hydrogens is 274 g/mol. The Morgan fingerprint density at radius 3 is 2.86 bits per heavy atom. The van der Waals surface area contributed by atoms with Crippen molar-refractivity contribution in [1.82, 2.24) is 9.97 Å². The molecule has 1 aromatic carbocycles. The number of ether oxygens (including phenoxy) is 1. The van der Waals surface area contributed by atoms with Crippen LogP contribution in [0.5, 0.6) is 0 Å². The van der Waals surface area contributed by atoms with Crippen LogP contribution in [-0.4, -0.2) is 36.3 Å². The van der Waals surface area contributed by atoms with Gasteiger partial charge in [0.05, 0.1) is 12.1 Å². The van der Waals surface area contributed by atoms with Crippen molar-refractivity contribution in [2.24, 2.45) is 5.92 Å². The number of nitrogens with zero attached hydrogens (tertiary/aromatic N) is 3. The lowest BCUT2D eigenvalue weighted by atomic mass is 10.1. The second-order valence-electron chi connectivity index (χ2n) is 6.43. The Labute approximate surface area is 132 Å². The van der Waals surface area contributed by atoms with Crippen molar-refractivity contribution in [3.63, 3.8) is 0 Å². The first kappa shape index (κ1) is 15.2. The topological polar surface area (TPSA) is 38.2 Å². The summed E-state index contributed by atoms with van der Waals surface area (Å²) in [7, 11) is 1.76. The molecular formula is C18H25N3O. The normalized spacial score (nSPS) is 21.4. The molecule has 1 aliphatic carbocycles. The molecule has 3 rings (SSSR count). The summed E-state index contributed by atoms with van der Waals surface area (Å²) in [5, 5.41) is 1.15. The fourth-order valence-corrected chi connectivity index (χ4v) is 3.56. The van der Waals surface area contributed by atoms with Gasteiger partial charge >= 0.3 is 0 Å². The number of methoxy groups -OCH3 is 1. The van der Waals surface area contributed by atoms with Gasteiger partial charge in [-0.2, -0.15) is 0 Å². The van der Waals surface area contributed by atoms with E-state index in [0.29, 0.717) is 6.04 Å². The van der Waals surface area contributed by atoms with Crippen molar-refractivity contribution < 1.29 is 4.74 Å². The number of hydrogen-bond acceptors (Lipinski definition) is 4. The van der Waals surface area contributed by atoms with Crippen LogP contribution in [0.4, 0.5) is 5.82 Å². The Bertz CT molecular complexity index is 643. The average molecular weight is 299 g/mol. The van der Waals surface area contributed by atoms with E-state index in [1.165, 1.54) is 24.8 Å². The molecule has 22 heavy (non-hydrogen) atoms. The predicted molar refractivity (Wildman–Crippen MR) is 90.3 cm³/mol. The fourth-order valence-electron chi connectivity index (χ4n) is 3.56. The van der Waals surface area contributed by atoms with Gasteiger partial charge in [0, 0.05) is 25.1 Å². The lowest BCUT2D eigenvalue weighted by molar-refractivity contribution is 0.203. The standard InChI is InChI=1S/C18H25N3O/c1-13-7-8-15(11-13)21(9-10-22-3)18-16-6-4-5-14(2)17(16)19-12-20-18/h4-6,12-13,15H,7-11H2,1-3H3. The van der Waals surface area contributed by atoms with Gasteiger partial charge in [-0.05, 0) is 43.7 Å². The number of aryl methyl sites for hydroxylation is 1. The monoisotopic (exact) mass is 299 g/mol. The average Bonchev–Trinajstić information content (AvgIpc) is 2.95. The van der Waals surface area contributed by atoms with E-state index in [2.05, 4.69) is 46.9 Å². The zero-order chi connectivity index (χ0) is 15.5. The molecule has 4 heteroatoms. The minimum Gasteiger partial charge on any atom is -0.383 e. The van der Waals surface area contributed by atoms with Crippen LogP contribution in [0.3, 0.4) is 0 Å². The maximum absolute atomic E-state index is 5.33. The highest BCUT2D eigenvalue weighted by Crippen LogP contribution is 2.34. The van der Waals surface area contributed by atoms with Crippen LogP contribution in [0.2, 0.25) is 0 Å². The molecule has 1 heterocycles. The van der Waals surface area contributed by atoms with Crippen molar-refractivity contribution in [3.8, 4) is 0 Å². The zero-order valence-corrected chi connectivity index (χ0v) is 13.7.